The fraction of sp³-hybridized carbons (Fsp3) is 0. The van der Waals surface area contributed by atoms with E-state index in [9.17, 15) is 4.79 Å². The molecule has 2 N–H and O–H groups in total. The van der Waals surface area contributed by atoms with E-state index >= 15 is 0 Å². The number of hydrogen-bond donors (Lipinski definition) is 2. The van der Waals surface area contributed by atoms with Crippen molar-refractivity contribution in [2.24, 2.45) is 5.10 Å². The van der Waals surface area contributed by atoms with Gasteiger partial charge in [0.1, 0.15) is 6.33 Å². The van der Waals surface area contributed by atoms with Crippen LogP contribution in [0.2, 0.25) is 0 Å². The molecule has 0 spiro atoms. The van der Waals surface area contributed by atoms with Gasteiger partial charge in [0.15, 0.2) is 11.5 Å². The average Bonchev–Trinajstić information content (AvgIpc) is 3.14. The Kier molecular flexibility index (Phi) is 4.28. The normalized spacial score (nSPS) is 11.1. The third kappa shape index (κ3) is 3.36. The van der Waals surface area contributed by atoms with E-state index in [0.29, 0.717) is 11.5 Å². The Morgan fingerprint density at radius 3 is 2.59 bits per heavy atom. The molecule has 0 saturated heterocycles. The van der Waals surface area contributed by atoms with E-state index in [1.807, 2.05) is 30.3 Å². The third-order valence-corrected chi connectivity index (χ3v) is 3.91. The van der Waals surface area contributed by atoms with E-state index < -0.39 is 5.97 Å². The van der Waals surface area contributed by atoms with Crippen LogP contribution in [0.25, 0.3) is 16.7 Å². The highest BCUT2D eigenvalue weighted by Crippen LogP contribution is 2.21. The van der Waals surface area contributed by atoms with Crippen molar-refractivity contribution in [2.45, 2.75) is 0 Å². The maximum atomic E-state index is 10.9. The largest absolute Gasteiger partial charge is 0.478 e. The molecule has 0 bridgehead atoms. The minimum atomic E-state index is -0.963. The zero-order valence-corrected chi connectivity index (χ0v) is 14.0. The monoisotopic (exact) mass is 358 g/mol. The van der Waals surface area contributed by atoms with Crippen LogP contribution in [0.3, 0.4) is 0 Å². The summed E-state index contributed by atoms with van der Waals surface area (Å²) in [7, 11) is 0. The third-order valence-electron chi connectivity index (χ3n) is 3.91. The van der Waals surface area contributed by atoms with E-state index in [-0.39, 0.29) is 5.56 Å². The van der Waals surface area contributed by atoms with Gasteiger partial charge in [-0.15, -0.1) is 0 Å². The van der Waals surface area contributed by atoms with Crippen LogP contribution in [0, 0.1) is 0 Å². The van der Waals surface area contributed by atoms with E-state index in [4.69, 9.17) is 5.11 Å². The molecule has 0 aliphatic carbocycles. The van der Waals surface area contributed by atoms with Gasteiger partial charge < -0.3 is 5.11 Å². The Morgan fingerprint density at radius 2 is 1.85 bits per heavy atom. The number of para-hydroxylation sites is 1. The zero-order chi connectivity index (χ0) is 18.6. The summed E-state index contributed by atoms with van der Waals surface area (Å²) < 4.78 is 1.73. The van der Waals surface area contributed by atoms with E-state index in [1.54, 1.807) is 29.2 Å². The van der Waals surface area contributed by atoms with Gasteiger partial charge in [0.25, 0.3) is 0 Å². The number of hydrazone groups is 1. The number of carboxylic acid groups (broad SMARTS) is 1. The summed E-state index contributed by atoms with van der Waals surface area (Å²) in [6.45, 7) is 0. The van der Waals surface area contributed by atoms with E-state index in [0.717, 1.165) is 16.6 Å². The molecule has 4 rings (SSSR count). The molecule has 0 fully saturated rings. The molecule has 2 heterocycles. The highest BCUT2D eigenvalue weighted by Gasteiger charge is 2.10. The number of nitrogens with one attached hydrogen (secondary N) is 1. The first kappa shape index (κ1) is 16.4. The molecule has 2 aromatic carbocycles. The van der Waals surface area contributed by atoms with Gasteiger partial charge >= 0.3 is 5.97 Å². The summed E-state index contributed by atoms with van der Waals surface area (Å²) in [5.41, 5.74) is 5.44. The van der Waals surface area contributed by atoms with Crippen molar-refractivity contribution in [1.29, 1.82) is 0 Å². The second kappa shape index (κ2) is 7.04. The molecule has 0 radical (unpaired) electrons. The number of nitrogens with zero attached hydrogens (tertiary/aromatic N) is 5. The Morgan fingerprint density at radius 1 is 1.07 bits per heavy atom. The number of rotatable bonds is 5. The van der Waals surface area contributed by atoms with E-state index in [2.05, 4.69) is 25.6 Å². The predicted molar refractivity (Wildman–Crippen MR) is 101 cm³/mol. The molecule has 0 amide bonds. The van der Waals surface area contributed by atoms with Crippen LogP contribution >= 0.6 is 0 Å². The van der Waals surface area contributed by atoms with Crippen molar-refractivity contribution >= 4 is 29.0 Å². The topological polar surface area (TPSA) is 105 Å². The van der Waals surface area contributed by atoms with Crippen molar-refractivity contribution in [2.75, 3.05) is 5.43 Å². The number of aromatic nitrogens is 4. The van der Waals surface area contributed by atoms with Crippen LogP contribution in [0.4, 0.5) is 5.82 Å². The van der Waals surface area contributed by atoms with Gasteiger partial charge in [0.2, 0.25) is 0 Å². The van der Waals surface area contributed by atoms with Crippen LogP contribution in [-0.2, 0) is 0 Å². The fourth-order valence-electron chi connectivity index (χ4n) is 2.57. The molecular weight excluding hydrogens is 344 g/mol. The molecule has 0 saturated carbocycles. The maximum Gasteiger partial charge on any atom is 0.335 e. The number of carbonyl (C=O) groups is 1. The van der Waals surface area contributed by atoms with Crippen LogP contribution in [0.5, 0.6) is 0 Å². The van der Waals surface area contributed by atoms with Gasteiger partial charge in [-0.05, 0) is 29.8 Å². The molecule has 0 aliphatic heterocycles. The summed E-state index contributed by atoms with van der Waals surface area (Å²) in [6, 6.07) is 16.1. The Hall–Kier alpha value is -4.07. The van der Waals surface area contributed by atoms with Crippen molar-refractivity contribution in [3.05, 3.63) is 78.2 Å². The van der Waals surface area contributed by atoms with Crippen LogP contribution < -0.4 is 5.43 Å². The lowest BCUT2D eigenvalue weighted by atomic mass is 10.1. The highest BCUT2D eigenvalue weighted by atomic mass is 16.4. The summed E-state index contributed by atoms with van der Waals surface area (Å²) >= 11 is 0. The predicted octanol–water partition coefficient (Wildman–Crippen LogP) is 2.96. The van der Waals surface area contributed by atoms with Crippen molar-refractivity contribution in [3.8, 4) is 5.69 Å². The molecule has 0 aliphatic rings. The standard InChI is InChI=1S/C19H14N6O2/c26-19(27)14-8-6-13(7-9-14)10-22-24-17-16-11-23-25(18(16)21-12-20-17)15-4-2-1-3-5-15/h1-12H,(H,26,27)(H,20,21,24)/b22-10-. The molecule has 0 unspecified atom stereocenters. The summed E-state index contributed by atoms with van der Waals surface area (Å²) in [5, 5.41) is 18.2. The first-order valence-electron chi connectivity index (χ1n) is 8.09. The molecule has 0 atom stereocenters. The van der Waals surface area contributed by atoms with Gasteiger partial charge in [-0.25, -0.2) is 19.4 Å². The van der Waals surface area contributed by atoms with Crippen LogP contribution in [0.1, 0.15) is 15.9 Å². The molecule has 132 valence electrons. The first-order chi connectivity index (χ1) is 13.2. The SMILES string of the molecule is O=C(O)c1ccc(/C=N\Nc2ncnc3c2cnn3-c2ccccc2)cc1. The number of anilines is 1. The zero-order valence-electron chi connectivity index (χ0n) is 14.0. The molecular formula is C19H14N6O2. The Labute approximate surface area is 153 Å². The minimum absolute atomic E-state index is 0.228. The number of fused-ring (bicyclic) bond motifs is 1. The molecule has 27 heavy (non-hydrogen) atoms. The van der Waals surface area contributed by atoms with Gasteiger partial charge in [-0.3, -0.25) is 5.43 Å². The van der Waals surface area contributed by atoms with Crippen molar-refractivity contribution < 1.29 is 9.90 Å². The van der Waals surface area contributed by atoms with E-state index in [1.165, 1.54) is 18.5 Å². The highest BCUT2D eigenvalue weighted by molar-refractivity contribution is 5.90. The molecule has 4 aromatic rings. The number of aromatic carboxylic acids is 1. The Balaban J connectivity index is 1.57. The second-order valence-corrected chi connectivity index (χ2v) is 5.65. The molecule has 8 heteroatoms. The lowest BCUT2D eigenvalue weighted by Gasteiger charge is -2.03. The quantitative estimate of drug-likeness (QED) is 0.420. The lowest BCUT2D eigenvalue weighted by Crippen LogP contribution is -1.99. The summed E-state index contributed by atoms with van der Waals surface area (Å²) in [6.07, 6.45) is 4.71. The summed E-state index contributed by atoms with van der Waals surface area (Å²) in [5.74, 6) is -0.434. The molecule has 8 nitrogen and oxygen atoms in total. The first-order valence-corrected chi connectivity index (χ1v) is 8.09. The number of hydrogen-bond acceptors (Lipinski definition) is 6. The fourth-order valence-corrected chi connectivity index (χ4v) is 2.57. The van der Waals surface area contributed by atoms with Gasteiger partial charge in [0, 0.05) is 0 Å². The minimum Gasteiger partial charge on any atom is -0.478 e. The van der Waals surface area contributed by atoms with Crippen molar-refractivity contribution in [1.82, 2.24) is 19.7 Å². The lowest BCUT2D eigenvalue weighted by molar-refractivity contribution is 0.0697. The summed E-state index contributed by atoms with van der Waals surface area (Å²) in [4.78, 5) is 19.4. The smallest absolute Gasteiger partial charge is 0.335 e. The van der Waals surface area contributed by atoms with Crippen LogP contribution in [-0.4, -0.2) is 37.0 Å². The number of carboxylic acids is 1. The number of benzene rings is 2. The Bertz CT molecular complexity index is 1120. The van der Waals surface area contributed by atoms with Gasteiger partial charge in [-0.2, -0.15) is 10.2 Å². The maximum absolute atomic E-state index is 10.9. The molecule has 2 aromatic heterocycles. The van der Waals surface area contributed by atoms with Gasteiger partial charge in [0.05, 0.1) is 29.0 Å². The van der Waals surface area contributed by atoms with Gasteiger partial charge in [-0.1, -0.05) is 30.3 Å². The second-order valence-electron chi connectivity index (χ2n) is 5.65. The average molecular weight is 358 g/mol. The van der Waals surface area contributed by atoms with Crippen molar-refractivity contribution in [3.63, 3.8) is 0 Å². The van der Waals surface area contributed by atoms with Crippen LogP contribution in [0.15, 0.2) is 72.2 Å².